The van der Waals surface area contributed by atoms with Crippen molar-refractivity contribution in [1.29, 1.82) is 0 Å². The van der Waals surface area contributed by atoms with E-state index in [1.807, 2.05) is 0 Å². The number of ether oxygens (including phenoxy) is 1. The molecule has 0 aromatic heterocycles. The Balaban J connectivity index is 2.84. The fourth-order valence-corrected chi connectivity index (χ4v) is 1.80. The van der Waals surface area contributed by atoms with Crippen LogP contribution in [0, 0.1) is 5.92 Å². The highest BCUT2D eigenvalue weighted by Gasteiger charge is 2.46. The molecule has 0 aromatic carbocycles. The van der Waals surface area contributed by atoms with Gasteiger partial charge in [-0.3, -0.25) is 0 Å². The van der Waals surface area contributed by atoms with E-state index in [1.165, 1.54) is 0 Å². The maximum atomic E-state index is 10.8. The highest BCUT2D eigenvalue weighted by molar-refractivity contribution is 5.73. The van der Waals surface area contributed by atoms with E-state index in [0.717, 1.165) is 0 Å². The lowest BCUT2D eigenvalue weighted by Crippen LogP contribution is -2.57. The van der Waals surface area contributed by atoms with E-state index in [2.05, 4.69) is 0 Å². The van der Waals surface area contributed by atoms with Crippen LogP contribution in [0.2, 0.25) is 0 Å². The molecule has 6 heteroatoms. The van der Waals surface area contributed by atoms with Gasteiger partial charge < -0.3 is 25.2 Å². The molecule has 0 radical (unpaired) electrons. The number of hydrogen-bond donors (Lipinski definition) is 4. The zero-order valence-electron chi connectivity index (χ0n) is 8.41. The molecule has 0 amide bonds. The summed E-state index contributed by atoms with van der Waals surface area (Å²) in [6.07, 6.45) is -3.99. The zero-order chi connectivity index (χ0) is 11.6. The van der Waals surface area contributed by atoms with Gasteiger partial charge >= 0.3 is 5.97 Å². The first-order valence-corrected chi connectivity index (χ1v) is 4.88. The van der Waals surface area contributed by atoms with Crippen molar-refractivity contribution in [2.24, 2.45) is 5.92 Å². The summed E-state index contributed by atoms with van der Waals surface area (Å²) in [5.41, 5.74) is 0. The average molecular weight is 220 g/mol. The van der Waals surface area contributed by atoms with Gasteiger partial charge in [0, 0.05) is 5.92 Å². The normalized spacial score (nSPS) is 41.5. The molecule has 3 unspecified atom stereocenters. The number of hydrogen-bond acceptors (Lipinski definition) is 5. The van der Waals surface area contributed by atoms with E-state index in [0.29, 0.717) is 6.42 Å². The molecule has 88 valence electrons. The molecule has 0 bridgehead atoms. The van der Waals surface area contributed by atoms with E-state index in [-0.39, 0.29) is 0 Å². The van der Waals surface area contributed by atoms with Crippen LogP contribution < -0.4 is 0 Å². The van der Waals surface area contributed by atoms with Crippen LogP contribution in [0.15, 0.2) is 0 Å². The van der Waals surface area contributed by atoms with Crippen molar-refractivity contribution in [1.82, 2.24) is 0 Å². The first-order chi connectivity index (χ1) is 7.02. The first-order valence-electron chi connectivity index (χ1n) is 4.88. The average Bonchev–Trinajstić information content (AvgIpc) is 2.21. The second-order valence-corrected chi connectivity index (χ2v) is 3.67. The van der Waals surface area contributed by atoms with Crippen LogP contribution in [-0.2, 0) is 9.53 Å². The molecule has 1 rings (SSSR count). The number of carbonyl (C=O) groups is 1. The molecule has 0 aromatic rings. The van der Waals surface area contributed by atoms with Crippen molar-refractivity contribution in [3.63, 3.8) is 0 Å². The molecule has 4 N–H and O–H groups in total. The third-order valence-electron chi connectivity index (χ3n) is 2.74. The number of rotatable bonds is 3. The van der Waals surface area contributed by atoms with Gasteiger partial charge in [-0.25, -0.2) is 4.79 Å². The SMILES string of the molecule is CC[C@@H]1OC(C(=O)O)[C@@H](CO)C(O)C1O. The van der Waals surface area contributed by atoms with Crippen molar-refractivity contribution in [3.8, 4) is 0 Å². The fraction of sp³-hybridized carbons (Fsp3) is 0.889. The van der Waals surface area contributed by atoms with E-state index in [1.54, 1.807) is 6.92 Å². The monoisotopic (exact) mass is 220 g/mol. The van der Waals surface area contributed by atoms with Gasteiger partial charge in [0.2, 0.25) is 0 Å². The van der Waals surface area contributed by atoms with Crippen molar-refractivity contribution in [2.45, 2.75) is 37.8 Å². The van der Waals surface area contributed by atoms with Crippen molar-refractivity contribution in [3.05, 3.63) is 0 Å². The van der Waals surface area contributed by atoms with Gasteiger partial charge in [0.25, 0.3) is 0 Å². The summed E-state index contributed by atoms with van der Waals surface area (Å²) in [6.45, 7) is 1.18. The number of aliphatic hydroxyl groups is 3. The smallest absolute Gasteiger partial charge is 0.333 e. The summed E-state index contributed by atoms with van der Waals surface area (Å²) in [5.74, 6) is -2.22. The van der Waals surface area contributed by atoms with E-state index in [9.17, 15) is 15.0 Å². The molecule has 5 atom stereocenters. The zero-order valence-corrected chi connectivity index (χ0v) is 8.41. The summed E-state index contributed by atoms with van der Waals surface area (Å²) in [4.78, 5) is 10.8. The number of carboxylic acid groups (broad SMARTS) is 1. The van der Waals surface area contributed by atoms with E-state index in [4.69, 9.17) is 14.9 Å². The highest BCUT2D eigenvalue weighted by atomic mass is 16.5. The number of aliphatic hydroxyl groups excluding tert-OH is 3. The highest BCUT2D eigenvalue weighted by Crippen LogP contribution is 2.27. The minimum atomic E-state index is -1.27. The Bertz CT molecular complexity index is 231. The third-order valence-corrected chi connectivity index (χ3v) is 2.74. The van der Waals surface area contributed by atoms with Gasteiger partial charge in [-0.2, -0.15) is 0 Å². The Labute approximate surface area is 87.1 Å². The van der Waals surface area contributed by atoms with Crippen LogP contribution in [0.3, 0.4) is 0 Å². The Morgan fingerprint density at radius 3 is 2.33 bits per heavy atom. The first kappa shape index (κ1) is 12.4. The van der Waals surface area contributed by atoms with E-state index >= 15 is 0 Å². The second kappa shape index (κ2) is 4.89. The molecule has 1 aliphatic rings. The summed E-state index contributed by atoms with van der Waals surface area (Å²) in [5, 5.41) is 36.9. The molecule has 1 aliphatic heterocycles. The topological polar surface area (TPSA) is 107 Å². The summed E-state index contributed by atoms with van der Waals surface area (Å²) in [7, 11) is 0. The van der Waals surface area contributed by atoms with Gasteiger partial charge in [-0.15, -0.1) is 0 Å². The van der Waals surface area contributed by atoms with Crippen LogP contribution in [0.1, 0.15) is 13.3 Å². The van der Waals surface area contributed by atoms with Gasteiger partial charge in [-0.05, 0) is 6.42 Å². The summed E-state index contributed by atoms with van der Waals surface area (Å²) in [6, 6.07) is 0. The van der Waals surface area contributed by atoms with E-state index < -0.39 is 42.9 Å². The van der Waals surface area contributed by atoms with Crippen LogP contribution in [0.4, 0.5) is 0 Å². The molecule has 1 fully saturated rings. The lowest BCUT2D eigenvalue weighted by Gasteiger charge is -2.40. The van der Waals surface area contributed by atoms with Crippen molar-refractivity contribution < 1.29 is 30.0 Å². The van der Waals surface area contributed by atoms with Crippen molar-refractivity contribution >= 4 is 5.97 Å². The lowest BCUT2D eigenvalue weighted by atomic mass is 9.86. The molecular weight excluding hydrogens is 204 g/mol. The maximum absolute atomic E-state index is 10.8. The Morgan fingerprint density at radius 2 is 1.93 bits per heavy atom. The summed E-state index contributed by atoms with van der Waals surface area (Å²) < 4.78 is 5.11. The maximum Gasteiger partial charge on any atom is 0.333 e. The minimum Gasteiger partial charge on any atom is -0.479 e. The molecule has 1 saturated heterocycles. The predicted octanol–water partition coefficient (Wildman–Crippen LogP) is -1.42. The Kier molecular flexibility index (Phi) is 4.04. The molecule has 0 aliphatic carbocycles. The summed E-state index contributed by atoms with van der Waals surface area (Å²) >= 11 is 0. The quantitative estimate of drug-likeness (QED) is 0.465. The third kappa shape index (κ3) is 2.28. The van der Waals surface area contributed by atoms with Crippen molar-refractivity contribution in [2.75, 3.05) is 6.61 Å². The molecule has 0 spiro atoms. The molecular formula is C9H16O6. The second-order valence-electron chi connectivity index (χ2n) is 3.67. The Morgan fingerprint density at radius 1 is 1.33 bits per heavy atom. The lowest BCUT2D eigenvalue weighted by molar-refractivity contribution is -0.216. The minimum absolute atomic E-state index is 0.403. The number of aliphatic carboxylic acids is 1. The fourth-order valence-electron chi connectivity index (χ4n) is 1.80. The van der Waals surface area contributed by atoms with Gasteiger partial charge in [-0.1, -0.05) is 6.92 Å². The van der Waals surface area contributed by atoms with Gasteiger partial charge in [0.1, 0.15) is 6.10 Å². The molecule has 0 saturated carbocycles. The van der Waals surface area contributed by atoms with Crippen LogP contribution in [-0.4, -0.2) is 57.4 Å². The van der Waals surface area contributed by atoms with Gasteiger partial charge in [0.15, 0.2) is 6.10 Å². The molecule has 15 heavy (non-hydrogen) atoms. The Hall–Kier alpha value is -0.690. The predicted molar refractivity (Wildman–Crippen MR) is 49.2 cm³/mol. The molecule has 6 nitrogen and oxygen atoms in total. The van der Waals surface area contributed by atoms with Gasteiger partial charge in [0.05, 0.1) is 18.8 Å². The largest absolute Gasteiger partial charge is 0.479 e. The van der Waals surface area contributed by atoms with Crippen LogP contribution >= 0.6 is 0 Å². The molecule has 1 heterocycles. The van der Waals surface area contributed by atoms with Crippen LogP contribution in [0.25, 0.3) is 0 Å². The number of carboxylic acids is 1. The standard InChI is InChI=1S/C9H16O6/c1-2-5-7(12)6(11)4(3-10)8(15-5)9(13)14/h4-8,10-12H,2-3H2,1H3,(H,13,14)/t4-,5-,6?,7?,8?/m0/s1. The van der Waals surface area contributed by atoms with Crippen LogP contribution in [0.5, 0.6) is 0 Å².